The minimum Gasteiger partial charge on any atom is -0.380 e. The Kier molecular flexibility index (Phi) is 4.36. The Bertz CT molecular complexity index is 552. The van der Waals surface area contributed by atoms with Gasteiger partial charge in [-0.3, -0.25) is 4.79 Å². The molecule has 1 amide bonds. The third kappa shape index (κ3) is 4.26. The highest BCUT2D eigenvalue weighted by molar-refractivity contribution is 6.30. The van der Waals surface area contributed by atoms with Gasteiger partial charge in [0.15, 0.2) is 0 Å². The van der Waals surface area contributed by atoms with Gasteiger partial charge < -0.3 is 10.6 Å². The molecule has 0 bridgehead atoms. The number of carbonyl (C=O) groups is 1. The number of pyridine rings is 1. The first-order valence-corrected chi connectivity index (χ1v) is 6.23. The van der Waals surface area contributed by atoms with Crippen molar-refractivity contribution in [3.8, 4) is 0 Å². The maximum atomic E-state index is 10.9. The van der Waals surface area contributed by atoms with Crippen LogP contribution in [0.15, 0.2) is 42.6 Å². The molecule has 0 aliphatic carbocycles. The first-order valence-electron chi connectivity index (χ1n) is 5.85. The van der Waals surface area contributed by atoms with Crippen LogP contribution in [0, 0.1) is 0 Å². The molecule has 19 heavy (non-hydrogen) atoms. The van der Waals surface area contributed by atoms with Crippen LogP contribution in [0.4, 0.5) is 11.5 Å². The van der Waals surface area contributed by atoms with E-state index in [1.807, 2.05) is 30.3 Å². The van der Waals surface area contributed by atoms with Gasteiger partial charge in [-0.05, 0) is 29.8 Å². The van der Waals surface area contributed by atoms with Crippen LogP contribution in [0.5, 0.6) is 0 Å². The molecule has 0 aliphatic heterocycles. The van der Waals surface area contributed by atoms with Crippen LogP contribution in [0.1, 0.15) is 12.5 Å². The maximum absolute atomic E-state index is 10.9. The van der Waals surface area contributed by atoms with Gasteiger partial charge in [-0.1, -0.05) is 23.7 Å². The van der Waals surface area contributed by atoms with E-state index in [0.29, 0.717) is 12.4 Å². The summed E-state index contributed by atoms with van der Waals surface area (Å²) >= 11 is 5.82. The fourth-order valence-corrected chi connectivity index (χ4v) is 1.69. The number of nitrogens with zero attached hydrogens (tertiary/aromatic N) is 1. The number of benzene rings is 1. The van der Waals surface area contributed by atoms with Crippen LogP contribution in [0.3, 0.4) is 0 Å². The van der Waals surface area contributed by atoms with Crippen molar-refractivity contribution in [1.29, 1.82) is 0 Å². The standard InChI is InChI=1S/C14H14ClN3O/c1-10(19)18-14-7-6-13(9-17-14)16-8-11-2-4-12(15)5-3-11/h2-7,9,16H,8H2,1H3,(H,17,18,19). The number of anilines is 2. The second-order valence-electron chi connectivity index (χ2n) is 4.09. The number of amides is 1. The Balaban J connectivity index is 1.92. The van der Waals surface area contributed by atoms with E-state index in [1.165, 1.54) is 6.92 Å². The average molecular weight is 276 g/mol. The number of rotatable bonds is 4. The van der Waals surface area contributed by atoms with Gasteiger partial charge in [0.1, 0.15) is 5.82 Å². The van der Waals surface area contributed by atoms with Crippen molar-refractivity contribution in [1.82, 2.24) is 4.98 Å². The van der Waals surface area contributed by atoms with Gasteiger partial charge >= 0.3 is 0 Å². The molecule has 0 atom stereocenters. The van der Waals surface area contributed by atoms with Gasteiger partial charge in [0, 0.05) is 18.5 Å². The molecule has 2 N–H and O–H groups in total. The van der Waals surface area contributed by atoms with Crippen molar-refractivity contribution >= 4 is 29.0 Å². The number of aromatic nitrogens is 1. The third-order valence-electron chi connectivity index (χ3n) is 2.48. The van der Waals surface area contributed by atoms with E-state index in [9.17, 15) is 4.79 Å². The molecular weight excluding hydrogens is 262 g/mol. The second kappa shape index (κ2) is 6.20. The first kappa shape index (κ1) is 13.4. The summed E-state index contributed by atoms with van der Waals surface area (Å²) in [5.74, 6) is 0.416. The molecule has 2 aromatic rings. The van der Waals surface area contributed by atoms with Crippen LogP contribution >= 0.6 is 11.6 Å². The molecule has 98 valence electrons. The van der Waals surface area contributed by atoms with E-state index in [0.717, 1.165) is 16.3 Å². The van der Waals surface area contributed by atoms with Crippen molar-refractivity contribution in [2.75, 3.05) is 10.6 Å². The summed E-state index contributed by atoms with van der Waals surface area (Å²) in [4.78, 5) is 15.0. The molecule has 4 nitrogen and oxygen atoms in total. The van der Waals surface area contributed by atoms with Crippen molar-refractivity contribution < 1.29 is 4.79 Å². The summed E-state index contributed by atoms with van der Waals surface area (Å²) in [5, 5.41) is 6.59. The predicted molar refractivity (Wildman–Crippen MR) is 77.3 cm³/mol. The van der Waals surface area contributed by atoms with Crippen molar-refractivity contribution in [3.05, 3.63) is 53.2 Å². The minimum atomic E-state index is -0.130. The third-order valence-corrected chi connectivity index (χ3v) is 2.73. The molecule has 0 fully saturated rings. The number of carbonyl (C=O) groups excluding carboxylic acids is 1. The molecule has 0 saturated heterocycles. The second-order valence-corrected chi connectivity index (χ2v) is 4.53. The van der Waals surface area contributed by atoms with Crippen molar-refractivity contribution in [2.24, 2.45) is 0 Å². The summed E-state index contributed by atoms with van der Waals surface area (Å²) in [6, 6.07) is 11.3. The quantitative estimate of drug-likeness (QED) is 0.900. The van der Waals surface area contributed by atoms with Gasteiger partial charge in [0.25, 0.3) is 0 Å². The fourth-order valence-electron chi connectivity index (χ4n) is 1.56. The molecule has 1 heterocycles. The topological polar surface area (TPSA) is 54.0 Å². The largest absolute Gasteiger partial charge is 0.380 e. The van der Waals surface area contributed by atoms with Gasteiger partial charge in [0.2, 0.25) is 5.91 Å². The highest BCUT2D eigenvalue weighted by atomic mass is 35.5. The van der Waals surface area contributed by atoms with Gasteiger partial charge in [0.05, 0.1) is 11.9 Å². The van der Waals surface area contributed by atoms with Crippen LogP contribution in [0.2, 0.25) is 5.02 Å². The average Bonchev–Trinajstić information content (AvgIpc) is 2.39. The minimum absolute atomic E-state index is 0.130. The van der Waals surface area contributed by atoms with E-state index in [-0.39, 0.29) is 5.91 Å². The van der Waals surface area contributed by atoms with Crippen LogP contribution in [-0.4, -0.2) is 10.9 Å². The van der Waals surface area contributed by atoms with E-state index in [1.54, 1.807) is 12.3 Å². The number of hydrogen-bond acceptors (Lipinski definition) is 3. The Hall–Kier alpha value is -2.07. The Morgan fingerprint density at radius 2 is 1.95 bits per heavy atom. The summed E-state index contributed by atoms with van der Waals surface area (Å²) in [7, 11) is 0. The molecule has 0 unspecified atom stereocenters. The van der Waals surface area contributed by atoms with Gasteiger partial charge in [-0.15, -0.1) is 0 Å². The zero-order valence-electron chi connectivity index (χ0n) is 10.5. The normalized spacial score (nSPS) is 10.0. The monoisotopic (exact) mass is 275 g/mol. The van der Waals surface area contributed by atoms with Gasteiger partial charge in [-0.2, -0.15) is 0 Å². The number of nitrogens with one attached hydrogen (secondary N) is 2. The van der Waals surface area contributed by atoms with Crippen molar-refractivity contribution in [2.45, 2.75) is 13.5 Å². The highest BCUT2D eigenvalue weighted by Crippen LogP contribution is 2.13. The molecule has 0 aliphatic rings. The van der Waals surface area contributed by atoms with Crippen molar-refractivity contribution in [3.63, 3.8) is 0 Å². The molecule has 2 rings (SSSR count). The molecule has 1 aromatic carbocycles. The SMILES string of the molecule is CC(=O)Nc1ccc(NCc2ccc(Cl)cc2)cn1. The zero-order valence-corrected chi connectivity index (χ0v) is 11.2. The first-order chi connectivity index (χ1) is 9.13. The zero-order chi connectivity index (χ0) is 13.7. The van der Waals surface area contributed by atoms with E-state index in [4.69, 9.17) is 11.6 Å². The molecule has 1 aromatic heterocycles. The lowest BCUT2D eigenvalue weighted by molar-refractivity contribution is -0.114. The van der Waals surface area contributed by atoms with Crippen LogP contribution in [-0.2, 0) is 11.3 Å². The maximum Gasteiger partial charge on any atom is 0.222 e. The van der Waals surface area contributed by atoms with E-state index >= 15 is 0 Å². The number of hydrogen-bond donors (Lipinski definition) is 2. The molecule has 5 heteroatoms. The van der Waals surface area contributed by atoms with Crippen LogP contribution < -0.4 is 10.6 Å². The Morgan fingerprint density at radius 3 is 2.53 bits per heavy atom. The van der Waals surface area contributed by atoms with E-state index < -0.39 is 0 Å². The van der Waals surface area contributed by atoms with E-state index in [2.05, 4.69) is 15.6 Å². The molecule has 0 radical (unpaired) electrons. The smallest absolute Gasteiger partial charge is 0.222 e. The Labute approximate surface area is 116 Å². The highest BCUT2D eigenvalue weighted by Gasteiger charge is 1.98. The fraction of sp³-hybridized carbons (Fsp3) is 0.143. The molecule has 0 saturated carbocycles. The van der Waals surface area contributed by atoms with Gasteiger partial charge in [-0.25, -0.2) is 4.98 Å². The summed E-state index contributed by atoms with van der Waals surface area (Å²) < 4.78 is 0. The number of halogens is 1. The lowest BCUT2D eigenvalue weighted by Gasteiger charge is -2.07. The lowest BCUT2D eigenvalue weighted by Crippen LogP contribution is -2.07. The summed E-state index contributed by atoms with van der Waals surface area (Å²) in [5.41, 5.74) is 2.03. The van der Waals surface area contributed by atoms with Crippen LogP contribution in [0.25, 0.3) is 0 Å². The molecule has 0 spiro atoms. The lowest BCUT2D eigenvalue weighted by atomic mass is 10.2. The molecular formula is C14H14ClN3O. The summed E-state index contributed by atoms with van der Waals surface area (Å²) in [6.45, 7) is 2.15. The predicted octanol–water partition coefficient (Wildman–Crippen LogP) is 3.31. The summed E-state index contributed by atoms with van der Waals surface area (Å²) in [6.07, 6.45) is 1.68. The Morgan fingerprint density at radius 1 is 1.21 bits per heavy atom.